The van der Waals surface area contributed by atoms with Crippen molar-refractivity contribution >= 4 is 5.84 Å². The number of nitrogens with zero attached hydrogens (tertiary/aromatic N) is 1. The third kappa shape index (κ3) is 2.25. The van der Waals surface area contributed by atoms with Crippen LogP contribution in [0.4, 0.5) is 0 Å². The largest absolute Gasteiger partial charge is 0.387 e. The highest BCUT2D eigenvalue weighted by Crippen LogP contribution is 2.29. The molecule has 0 radical (unpaired) electrons. The SMILES string of the molecule is N=C(N)CN1CCC(C2COC2)CC1. The Morgan fingerprint density at radius 2 is 1.93 bits per heavy atom. The summed E-state index contributed by atoms with van der Waals surface area (Å²) >= 11 is 0. The zero-order valence-electron chi connectivity index (χ0n) is 8.54. The highest BCUT2D eigenvalue weighted by atomic mass is 16.5. The fraction of sp³-hybridized carbons (Fsp3) is 0.900. The number of hydrogen-bond acceptors (Lipinski definition) is 3. The van der Waals surface area contributed by atoms with Crippen molar-refractivity contribution in [1.82, 2.24) is 4.90 Å². The van der Waals surface area contributed by atoms with Crippen molar-refractivity contribution < 1.29 is 4.74 Å². The molecule has 2 rings (SSSR count). The maximum Gasteiger partial charge on any atom is 0.105 e. The van der Waals surface area contributed by atoms with E-state index in [1.807, 2.05) is 0 Å². The third-order valence-electron chi connectivity index (χ3n) is 3.36. The van der Waals surface area contributed by atoms with Crippen LogP contribution < -0.4 is 5.73 Å². The Morgan fingerprint density at radius 1 is 1.29 bits per heavy atom. The molecule has 2 aliphatic heterocycles. The first-order chi connectivity index (χ1) is 6.75. The molecule has 4 nitrogen and oxygen atoms in total. The fourth-order valence-electron chi connectivity index (χ4n) is 2.35. The molecule has 0 spiro atoms. The monoisotopic (exact) mass is 197 g/mol. The second kappa shape index (κ2) is 4.28. The van der Waals surface area contributed by atoms with Crippen molar-refractivity contribution in [3.63, 3.8) is 0 Å². The molecule has 2 fully saturated rings. The Bertz CT molecular complexity index is 207. The molecule has 3 N–H and O–H groups in total. The zero-order chi connectivity index (χ0) is 9.97. The van der Waals surface area contributed by atoms with Crippen molar-refractivity contribution in [2.24, 2.45) is 17.6 Å². The van der Waals surface area contributed by atoms with E-state index >= 15 is 0 Å². The first-order valence-corrected chi connectivity index (χ1v) is 5.38. The number of likely N-dealkylation sites (tertiary alicyclic amines) is 1. The fourth-order valence-corrected chi connectivity index (χ4v) is 2.35. The van der Waals surface area contributed by atoms with Gasteiger partial charge < -0.3 is 10.5 Å². The molecule has 80 valence electrons. The van der Waals surface area contributed by atoms with Crippen molar-refractivity contribution in [2.45, 2.75) is 12.8 Å². The van der Waals surface area contributed by atoms with Gasteiger partial charge in [-0.1, -0.05) is 0 Å². The van der Waals surface area contributed by atoms with E-state index in [9.17, 15) is 0 Å². The Balaban J connectivity index is 1.71. The van der Waals surface area contributed by atoms with Gasteiger partial charge in [0.05, 0.1) is 19.8 Å². The molecule has 0 unspecified atom stereocenters. The maximum absolute atomic E-state index is 7.23. The van der Waals surface area contributed by atoms with E-state index in [0.29, 0.717) is 6.54 Å². The summed E-state index contributed by atoms with van der Waals surface area (Å²) in [5.74, 6) is 1.96. The van der Waals surface area contributed by atoms with Crippen LogP contribution in [0.3, 0.4) is 0 Å². The predicted octanol–water partition coefficient (Wildman–Crippen LogP) is 0.281. The molecular formula is C10H19N3O. The number of nitrogens with two attached hydrogens (primary N) is 1. The molecule has 0 bridgehead atoms. The van der Waals surface area contributed by atoms with Crippen LogP contribution in [0.25, 0.3) is 0 Å². The van der Waals surface area contributed by atoms with Gasteiger partial charge in [0.1, 0.15) is 5.84 Å². The number of ether oxygens (including phenoxy) is 1. The summed E-state index contributed by atoms with van der Waals surface area (Å²) in [6.45, 7) is 4.78. The van der Waals surface area contributed by atoms with Gasteiger partial charge in [-0.05, 0) is 31.8 Å². The van der Waals surface area contributed by atoms with E-state index < -0.39 is 0 Å². The Labute approximate surface area is 84.9 Å². The predicted molar refractivity (Wildman–Crippen MR) is 55.4 cm³/mol. The van der Waals surface area contributed by atoms with E-state index in [1.165, 1.54) is 12.8 Å². The van der Waals surface area contributed by atoms with Crippen molar-refractivity contribution in [2.75, 3.05) is 32.8 Å². The van der Waals surface area contributed by atoms with E-state index in [4.69, 9.17) is 15.9 Å². The van der Waals surface area contributed by atoms with E-state index in [2.05, 4.69) is 4.90 Å². The van der Waals surface area contributed by atoms with Crippen molar-refractivity contribution in [3.05, 3.63) is 0 Å². The van der Waals surface area contributed by atoms with Crippen LogP contribution in [0.1, 0.15) is 12.8 Å². The lowest BCUT2D eigenvalue weighted by atomic mass is 9.83. The number of piperidine rings is 1. The minimum Gasteiger partial charge on any atom is -0.387 e. The first-order valence-electron chi connectivity index (χ1n) is 5.38. The van der Waals surface area contributed by atoms with Crippen LogP contribution in [0.5, 0.6) is 0 Å². The number of amidine groups is 1. The summed E-state index contributed by atoms with van der Waals surface area (Å²) in [6.07, 6.45) is 2.50. The van der Waals surface area contributed by atoms with Crippen LogP contribution in [0.15, 0.2) is 0 Å². The van der Waals surface area contributed by atoms with Crippen molar-refractivity contribution in [1.29, 1.82) is 5.41 Å². The summed E-state index contributed by atoms with van der Waals surface area (Å²) in [7, 11) is 0. The third-order valence-corrected chi connectivity index (χ3v) is 3.36. The van der Waals surface area contributed by atoms with Crippen LogP contribution in [0, 0.1) is 17.2 Å². The maximum atomic E-state index is 7.23. The molecule has 2 heterocycles. The standard InChI is InChI=1S/C10H19N3O/c11-10(12)5-13-3-1-8(2-4-13)9-6-14-7-9/h8-9H,1-7H2,(H3,11,12). The molecule has 0 atom stereocenters. The molecule has 2 aliphatic rings. The van der Waals surface area contributed by atoms with Gasteiger partial charge >= 0.3 is 0 Å². The van der Waals surface area contributed by atoms with Gasteiger partial charge in [-0.3, -0.25) is 10.3 Å². The quantitative estimate of drug-likeness (QED) is 0.504. The molecule has 0 aliphatic carbocycles. The second-order valence-corrected chi connectivity index (χ2v) is 4.44. The molecule has 0 amide bonds. The molecular weight excluding hydrogens is 178 g/mol. The number of nitrogens with one attached hydrogen (secondary N) is 1. The first kappa shape index (κ1) is 9.93. The number of hydrogen-bond donors (Lipinski definition) is 2. The topological polar surface area (TPSA) is 62.3 Å². The van der Waals surface area contributed by atoms with E-state index in [1.54, 1.807) is 0 Å². The molecule has 14 heavy (non-hydrogen) atoms. The Kier molecular flexibility index (Phi) is 3.03. The van der Waals surface area contributed by atoms with Gasteiger partial charge in [0.15, 0.2) is 0 Å². The molecule has 2 saturated heterocycles. The van der Waals surface area contributed by atoms with Crippen LogP contribution in [0.2, 0.25) is 0 Å². The van der Waals surface area contributed by atoms with Crippen LogP contribution in [-0.2, 0) is 4.74 Å². The average molecular weight is 197 g/mol. The molecule has 4 heteroatoms. The van der Waals surface area contributed by atoms with Gasteiger partial charge in [0, 0.05) is 5.92 Å². The summed E-state index contributed by atoms with van der Waals surface area (Å²) < 4.78 is 5.21. The van der Waals surface area contributed by atoms with Gasteiger partial charge in [-0.25, -0.2) is 0 Å². The number of rotatable bonds is 3. The van der Waals surface area contributed by atoms with E-state index in [-0.39, 0.29) is 5.84 Å². The molecule has 0 aromatic heterocycles. The summed E-state index contributed by atoms with van der Waals surface area (Å²) in [5, 5.41) is 7.23. The summed E-state index contributed by atoms with van der Waals surface area (Å²) in [5.41, 5.74) is 5.38. The minimum atomic E-state index is 0.287. The van der Waals surface area contributed by atoms with E-state index in [0.717, 1.165) is 38.1 Å². The highest BCUT2D eigenvalue weighted by molar-refractivity contribution is 5.78. The lowest BCUT2D eigenvalue weighted by Gasteiger charge is -2.39. The lowest BCUT2D eigenvalue weighted by molar-refractivity contribution is -0.0716. The highest BCUT2D eigenvalue weighted by Gasteiger charge is 2.31. The zero-order valence-corrected chi connectivity index (χ0v) is 8.54. The smallest absolute Gasteiger partial charge is 0.105 e. The van der Waals surface area contributed by atoms with Gasteiger partial charge in [-0.15, -0.1) is 0 Å². The molecule has 0 aromatic rings. The van der Waals surface area contributed by atoms with Gasteiger partial charge in [-0.2, -0.15) is 0 Å². The average Bonchev–Trinajstić information content (AvgIpc) is 2.04. The molecule has 0 saturated carbocycles. The molecule has 0 aromatic carbocycles. The van der Waals surface area contributed by atoms with Crippen molar-refractivity contribution in [3.8, 4) is 0 Å². The second-order valence-electron chi connectivity index (χ2n) is 4.44. The minimum absolute atomic E-state index is 0.287. The Morgan fingerprint density at radius 3 is 2.36 bits per heavy atom. The van der Waals surface area contributed by atoms with Crippen LogP contribution >= 0.6 is 0 Å². The van der Waals surface area contributed by atoms with Gasteiger partial charge in [0.2, 0.25) is 0 Å². The Hall–Kier alpha value is -0.610. The lowest BCUT2D eigenvalue weighted by Crippen LogP contribution is -2.44. The normalized spacial score (nSPS) is 26.0. The summed E-state index contributed by atoms with van der Waals surface area (Å²) in [4.78, 5) is 2.28. The summed E-state index contributed by atoms with van der Waals surface area (Å²) in [6, 6.07) is 0. The van der Waals surface area contributed by atoms with Crippen LogP contribution in [-0.4, -0.2) is 43.6 Å². The van der Waals surface area contributed by atoms with Gasteiger partial charge in [0.25, 0.3) is 0 Å².